The van der Waals surface area contributed by atoms with Crippen LogP contribution in [0.5, 0.6) is 0 Å². The van der Waals surface area contributed by atoms with Crippen LogP contribution in [0.25, 0.3) is 0 Å². The monoisotopic (exact) mass is 317 g/mol. The first-order chi connectivity index (χ1) is 10.7. The third-order valence-electron chi connectivity index (χ3n) is 3.68. The summed E-state index contributed by atoms with van der Waals surface area (Å²) in [6.45, 7) is 1.50. The van der Waals surface area contributed by atoms with Gasteiger partial charge >= 0.3 is 0 Å². The quantitative estimate of drug-likeness (QED) is 0.941. The van der Waals surface area contributed by atoms with Crippen molar-refractivity contribution < 1.29 is 4.79 Å². The molecule has 0 radical (unpaired) electrons. The van der Waals surface area contributed by atoms with Crippen molar-refractivity contribution in [2.75, 3.05) is 23.3 Å². The second-order valence-electron chi connectivity index (χ2n) is 5.22. The Labute approximate surface area is 133 Å². The van der Waals surface area contributed by atoms with Gasteiger partial charge in [-0.15, -0.1) is 10.2 Å². The van der Waals surface area contributed by atoms with Gasteiger partial charge in [0.15, 0.2) is 11.0 Å². The van der Waals surface area contributed by atoms with Gasteiger partial charge in [-0.1, -0.05) is 11.6 Å². The van der Waals surface area contributed by atoms with E-state index in [0.717, 1.165) is 30.9 Å². The zero-order valence-electron chi connectivity index (χ0n) is 11.9. The Morgan fingerprint density at radius 1 is 1.23 bits per heavy atom. The summed E-state index contributed by atoms with van der Waals surface area (Å²) in [5.41, 5.74) is 0.767. The molecule has 2 aromatic rings. The molecule has 0 aromatic carbocycles. The molecule has 3 heterocycles. The number of nitrogens with zero attached hydrogens (tertiary/aromatic N) is 4. The number of amides is 1. The fraction of sp³-hybridized carbons (Fsp3) is 0.333. The minimum Gasteiger partial charge on any atom is -0.354 e. The summed E-state index contributed by atoms with van der Waals surface area (Å²) in [6.07, 6.45) is 5.13. The summed E-state index contributed by atoms with van der Waals surface area (Å²) in [6, 6.07) is 7.11. The van der Waals surface area contributed by atoms with Crippen molar-refractivity contribution in [1.82, 2.24) is 15.2 Å². The zero-order valence-corrected chi connectivity index (χ0v) is 12.7. The molecule has 1 aliphatic rings. The highest BCUT2D eigenvalue weighted by molar-refractivity contribution is 6.29. The second-order valence-corrected chi connectivity index (χ2v) is 5.61. The molecular weight excluding hydrogens is 302 g/mol. The molecule has 1 atom stereocenters. The lowest BCUT2D eigenvalue weighted by Crippen LogP contribution is -2.41. The lowest BCUT2D eigenvalue weighted by Gasteiger charge is -2.32. The highest BCUT2D eigenvalue weighted by atomic mass is 35.5. The number of carbonyl (C=O) groups excluding carboxylic acids is 1. The maximum Gasteiger partial charge on any atom is 0.229 e. The van der Waals surface area contributed by atoms with Crippen molar-refractivity contribution in [2.45, 2.75) is 12.8 Å². The Kier molecular flexibility index (Phi) is 4.48. The number of carbonyl (C=O) groups is 1. The highest BCUT2D eigenvalue weighted by Crippen LogP contribution is 2.23. The number of halogens is 1. The zero-order chi connectivity index (χ0) is 15.4. The standard InChI is InChI=1S/C15H16ClN5O/c16-13-3-4-14(20-19-13)21-9-1-2-11(10-21)15(22)18-12-5-7-17-8-6-12/h3-8,11H,1-2,9-10H2,(H,17,18,22). The van der Waals surface area contributed by atoms with Crippen molar-refractivity contribution >= 4 is 29.0 Å². The van der Waals surface area contributed by atoms with E-state index in [0.29, 0.717) is 11.7 Å². The molecule has 1 unspecified atom stereocenters. The Morgan fingerprint density at radius 2 is 2.05 bits per heavy atom. The number of rotatable bonds is 3. The number of aromatic nitrogens is 3. The van der Waals surface area contributed by atoms with Crippen LogP contribution in [0.3, 0.4) is 0 Å². The molecule has 114 valence electrons. The first kappa shape index (κ1) is 14.7. The van der Waals surface area contributed by atoms with Crippen LogP contribution in [0.1, 0.15) is 12.8 Å². The van der Waals surface area contributed by atoms with Crippen LogP contribution in [-0.2, 0) is 4.79 Å². The predicted octanol–water partition coefficient (Wildman–Crippen LogP) is 2.38. The Morgan fingerprint density at radius 3 is 2.77 bits per heavy atom. The number of nitrogens with one attached hydrogen (secondary N) is 1. The Bertz CT molecular complexity index is 634. The van der Waals surface area contributed by atoms with Crippen LogP contribution in [-0.4, -0.2) is 34.2 Å². The molecule has 1 N–H and O–H groups in total. The molecule has 1 aliphatic heterocycles. The topological polar surface area (TPSA) is 71.0 Å². The van der Waals surface area contributed by atoms with E-state index in [1.54, 1.807) is 30.6 Å². The number of pyridine rings is 1. The van der Waals surface area contributed by atoms with E-state index in [1.807, 2.05) is 6.07 Å². The van der Waals surface area contributed by atoms with Gasteiger partial charge in [-0.05, 0) is 37.1 Å². The summed E-state index contributed by atoms with van der Waals surface area (Å²) in [5, 5.41) is 11.2. The molecule has 1 amide bonds. The predicted molar refractivity (Wildman–Crippen MR) is 84.8 cm³/mol. The maximum absolute atomic E-state index is 12.4. The summed E-state index contributed by atoms with van der Waals surface area (Å²) in [7, 11) is 0. The molecule has 6 nitrogen and oxygen atoms in total. The van der Waals surface area contributed by atoms with Gasteiger partial charge in [-0.3, -0.25) is 9.78 Å². The van der Waals surface area contributed by atoms with Crippen LogP contribution in [0, 0.1) is 5.92 Å². The lowest BCUT2D eigenvalue weighted by atomic mass is 9.97. The van der Waals surface area contributed by atoms with E-state index in [4.69, 9.17) is 11.6 Å². The molecule has 7 heteroatoms. The van der Waals surface area contributed by atoms with E-state index in [1.165, 1.54) is 0 Å². The van der Waals surface area contributed by atoms with Crippen molar-refractivity contribution in [3.63, 3.8) is 0 Å². The number of piperidine rings is 1. The third kappa shape index (κ3) is 3.51. The maximum atomic E-state index is 12.4. The molecule has 3 rings (SSSR count). The molecule has 0 bridgehead atoms. The van der Waals surface area contributed by atoms with Gasteiger partial charge < -0.3 is 10.2 Å². The Hall–Kier alpha value is -2.21. The van der Waals surface area contributed by atoms with Gasteiger partial charge in [0, 0.05) is 31.2 Å². The van der Waals surface area contributed by atoms with Crippen LogP contribution in [0.4, 0.5) is 11.5 Å². The van der Waals surface area contributed by atoms with Crippen LogP contribution in [0.2, 0.25) is 5.15 Å². The largest absolute Gasteiger partial charge is 0.354 e. The van der Waals surface area contributed by atoms with Crippen molar-refractivity contribution in [1.29, 1.82) is 0 Å². The van der Waals surface area contributed by atoms with E-state index in [9.17, 15) is 4.79 Å². The van der Waals surface area contributed by atoms with Crippen LogP contribution < -0.4 is 10.2 Å². The van der Waals surface area contributed by atoms with Crippen molar-refractivity contribution in [3.05, 3.63) is 41.8 Å². The highest BCUT2D eigenvalue weighted by Gasteiger charge is 2.26. The third-order valence-corrected chi connectivity index (χ3v) is 3.88. The van der Waals surface area contributed by atoms with Crippen molar-refractivity contribution in [2.24, 2.45) is 5.92 Å². The van der Waals surface area contributed by atoms with E-state index >= 15 is 0 Å². The molecule has 0 spiro atoms. The average molecular weight is 318 g/mol. The summed E-state index contributed by atoms with van der Waals surface area (Å²) < 4.78 is 0. The van der Waals surface area contributed by atoms with E-state index < -0.39 is 0 Å². The molecule has 0 saturated carbocycles. The molecule has 22 heavy (non-hydrogen) atoms. The number of hydrogen-bond acceptors (Lipinski definition) is 5. The van der Waals surface area contributed by atoms with Gasteiger partial charge in [0.05, 0.1) is 5.92 Å². The molecule has 0 aliphatic carbocycles. The molecule has 1 saturated heterocycles. The normalized spacial score (nSPS) is 18.0. The van der Waals surface area contributed by atoms with E-state index in [2.05, 4.69) is 25.4 Å². The smallest absolute Gasteiger partial charge is 0.229 e. The summed E-state index contributed by atoms with van der Waals surface area (Å²) in [4.78, 5) is 18.4. The fourth-order valence-corrected chi connectivity index (χ4v) is 2.66. The fourth-order valence-electron chi connectivity index (χ4n) is 2.56. The van der Waals surface area contributed by atoms with Crippen molar-refractivity contribution in [3.8, 4) is 0 Å². The number of anilines is 2. The van der Waals surface area contributed by atoms with E-state index in [-0.39, 0.29) is 11.8 Å². The average Bonchev–Trinajstić information content (AvgIpc) is 2.56. The lowest BCUT2D eigenvalue weighted by molar-refractivity contribution is -0.120. The molecule has 2 aromatic heterocycles. The molecular formula is C15H16ClN5O. The van der Waals surface area contributed by atoms with Crippen LogP contribution >= 0.6 is 11.6 Å². The van der Waals surface area contributed by atoms with Gasteiger partial charge in [0.2, 0.25) is 5.91 Å². The van der Waals surface area contributed by atoms with Gasteiger partial charge in [-0.25, -0.2) is 0 Å². The minimum atomic E-state index is -0.0700. The van der Waals surface area contributed by atoms with Crippen LogP contribution in [0.15, 0.2) is 36.7 Å². The Balaban J connectivity index is 1.65. The first-order valence-corrected chi connectivity index (χ1v) is 7.55. The second kappa shape index (κ2) is 6.70. The SMILES string of the molecule is O=C(Nc1ccncc1)C1CCCN(c2ccc(Cl)nn2)C1. The number of hydrogen-bond donors (Lipinski definition) is 1. The molecule has 1 fully saturated rings. The first-order valence-electron chi connectivity index (χ1n) is 7.17. The van der Waals surface area contributed by atoms with Gasteiger partial charge in [-0.2, -0.15) is 0 Å². The summed E-state index contributed by atoms with van der Waals surface area (Å²) >= 11 is 5.76. The summed E-state index contributed by atoms with van der Waals surface area (Å²) in [5.74, 6) is 0.711. The van der Waals surface area contributed by atoms with Gasteiger partial charge in [0.25, 0.3) is 0 Å². The van der Waals surface area contributed by atoms with Gasteiger partial charge in [0.1, 0.15) is 0 Å². The minimum absolute atomic E-state index is 0.0258.